The summed E-state index contributed by atoms with van der Waals surface area (Å²) in [7, 11) is 0. The van der Waals surface area contributed by atoms with Crippen LogP contribution in [0, 0.1) is 0 Å². The van der Waals surface area contributed by atoms with Gasteiger partial charge in [0.05, 0.1) is 13.2 Å². The average Bonchev–Trinajstić information content (AvgIpc) is 3.14. The van der Waals surface area contributed by atoms with Gasteiger partial charge in [-0.1, -0.05) is 148 Å². The molecule has 1 rings (SSSR count). The van der Waals surface area contributed by atoms with Crippen molar-refractivity contribution in [2.45, 2.75) is 224 Å². The molecule has 10 nitrogen and oxygen atoms in total. The highest BCUT2D eigenvalue weighted by atomic mass is 16.7. The van der Waals surface area contributed by atoms with Crippen molar-refractivity contribution in [3.8, 4) is 0 Å². The van der Waals surface area contributed by atoms with E-state index in [1.807, 2.05) is 0 Å². The van der Waals surface area contributed by atoms with E-state index >= 15 is 0 Å². The van der Waals surface area contributed by atoms with Crippen LogP contribution < -0.4 is 0 Å². The molecule has 10 heteroatoms. The molecular formula is C42H78O10. The maximum Gasteiger partial charge on any atom is 0.306 e. The fourth-order valence-corrected chi connectivity index (χ4v) is 6.48. The van der Waals surface area contributed by atoms with Crippen LogP contribution in [0.15, 0.2) is 12.2 Å². The zero-order valence-electron chi connectivity index (χ0n) is 33.1. The van der Waals surface area contributed by atoms with Crippen molar-refractivity contribution in [3.05, 3.63) is 12.2 Å². The number of carbonyl (C=O) groups excluding carboxylic acids is 2. The number of unbranched alkanes of at least 4 members (excludes halogenated alkanes) is 22. The molecule has 0 saturated carbocycles. The molecule has 6 atom stereocenters. The zero-order chi connectivity index (χ0) is 38.1. The van der Waals surface area contributed by atoms with Crippen LogP contribution in [0.2, 0.25) is 0 Å². The molecule has 52 heavy (non-hydrogen) atoms. The SMILES string of the molecule is CCCCCCCCC/C=C\CCCCCCCCCC(=O)OC(COC(=O)CCCCCCCCCCC)COC1OC(CO)C(O)C(O)C1O. The predicted molar refractivity (Wildman–Crippen MR) is 206 cm³/mol. The molecule has 1 saturated heterocycles. The first-order valence-electron chi connectivity index (χ1n) is 21.3. The Morgan fingerprint density at radius 2 is 1.02 bits per heavy atom. The number of hydrogen-bond acceptors (Lipinski definition) is 10. The molecule has 1 heterocycles. The van der Waals surface area contributed by atoms with E-state index in [1.165, 1.54) is 109 Å². The third kappa shape index (κ3) is 25.5. The molecule has 0 aromatic carbocycles. The van der Waals surface area contributed by atoms with Gasteiger partial charge in [0.25, 0.3) is 0 Å². The Morgan fingerprint density at radius 3 is 1.50 bits per heavy atom. The van der Waals surface area contributed by atoms with Crippen LogP contribution in [0.5, 0.6) is 0 Å². The highest BCUT2D eigenvalue weighted by Gasteiger charge is 2.44. The minimum Gasteiger partial charge on any atom is -0.462 e. The maximum absolute atomic E-state index is 12.7. The number of allylic oxidation sites excluding steroid dienone is 2. The van der Waals surface area contributed by atoms with Crippen molar-refractivity contribution < 1.29 is 49.0 Å². The Labute approximate surface area is 316 Å². The van der Waals surface area contributed by atoms with Gasteiger partial charge in [-0.05, 0) is 38.5 Å². The molecule has 306 valence electrons. The van der Waals surface area contributed by atoms with Gasteiger partial charge in [0, 0.05) is 12.8 Å². The van der Waals surface area contributed by atoms with Crippen molar-refractivity contribution >= 4 is 11.9 Å². The smallest absolute Gasteiger partial charge is 0.306 e. The van der Waals surface area contributed by atoms with Gasteiger partial charge in [-0.2, -0.15) is 0 Å². The van der Waals surface area contributed by atoms with Gasteiger partial charge in [-0.15, -0.1) is 0 Å². The van der Waals surface area contributed by atoms with Crippen molar-refractivity contribution in [3.63, 3.8) is 0 Å². The molecule has 1 fully saturated rings. The van der Waals surface area contributed by atoms with Gasteiger partial charge in [0.15, 0.2) is 12.4 Å². The number of aliphatic hydroxyl groups excluding tert-OH is 4. The second kappa shape index (κ2) is 34.0. The molecule has 0 aromatic rings. The number of rotatable bonds is 35. The summed E-state index contributed by atoms with van der Waals surface area (Å²) in [5, 5.41) is 39.9. The fourth-order valence-electron chi connectivity index (χ4n) is 6.48. The van der Waals surface area contributed by atoms with Crippen LogP contribution >= 0.6 is 0 Å². The molecular weight excluding hydrogens is 664 g/mol. The van der Waals surface area contributed by atoms with E-state index in [0.29, 0.717) is 6.42 Å². The Kier molecular flexibility index (Phi) is 31.7. The summed E-state index contributed by atoms with van der Waals surface area (Å²) < 4.78 is 22.1. The van der Waals surface area contributed by atoms with E-state index in [2.05, 4.69) is 26.0 Å². The van der Waals surface area contributed by atoms with E-state index < -0.39 is 49.4 Å². The Balaban J connectivity index is 2.32. The molecule has 0 aliphatic carbocycles. The molecule has 1 aliphatic rings. The van der Waals surface area contributed by atoms with E-state index in [4.69, 9.17) is 18.9 Å². The summed E-state index contributed by atoms with van der Waals surface area (Å²) in [6.45, 7) is 3.39. The first kappa shape index (κ1) is 48.5. The lowest BCUT2D eigenvalue weighted by Gasteiger charge is -2.39. The quantitative estimate of drug-likeness (QED) is 0.0283. The normalized spacial score (nSPS) is 21.1. The fraction of sp³-hybridized carbons (Fsp3) is 0.905. The first-order chi connectivity index (χ1) is 25.3. The van der Waals surface area contributed by atoms with Crippen LogP contribution in [0.4, 0.5) is 0 Å². The van der Waals surface area contributed by atoms with Crippen molar-refractivity contribution in [2.24, 2.45) is 0 Å². The third-order valence-electron chi connectivity index (χ3n) is 9.90. The Morgan fingerprint density at radius 1 is 0.577 bits per heavy atom. The second-order valence-corrected chi connectivity index (χ2v) is 14.8. The van der Waals surface area contributed by atoms with Crippen molar-refractivity contribution in [1.82, 2.24) is 0 Å². The van der Waals surface area contributed by atoms with Crippen LogP contribution in [0.1, 0.15) is 187 Å². The monoisotopic (exact) mass is 743 g/mol. The summed E-state index contributed by atoms with van der Waals surface area (Å²) in [6.07, 6.45) is 26.6. The number of ether oxygens (including phenoxy) is 4. The lowest BCUT2D eigenvalue weighted by Crippen LogP contribution is -2.59. The highest BCUT2D eigenvalue weighted by Crippen LogP contribution is 2.22. The van der Waals surface area contributed by atoms with Gasteiger partial charge in [-0.25, -0.2) is 0 Å². The highest BCUT2D eigenvalue weighted by molar-refractivity contribution is 5.70. The lowest BCUT2D eigenvalue weighted by molar-refractivity contribution is -0.305. The van der Waals surface area contributed by atoms with Crippen molar-refractivity contribution in [1.29, 1.82) is 0 Å². The summed E-state index contributed by atoms with van der Waals surface area (Å²) in [6, 6.07) is 0. The molecule has 1 aliphatic heterocycles. The summed E-state index contributed by atoms with van der Waals surface area (Å²) in [5.74, 6) is -0.808. The number of carbonyl (C=O) groups is 2. The van der Waals surface area contributed by atoms with Crippen LogP contribution in [0.3, 0.4) is 0 Å². The number of esters is 2. The lowest BCUT2D eigenvalue weighted by atomic mass is 9.99. The largest absolute Gasteiger partial charge is 0.462 e. The standard InChI is InChI=1S/C42H78O10/c1-3-5-7-9-11-13-14-15-16-17-18-19-20-21-23-25-27-29-31-38(45)51-35(34-50-42-41(48)40(47)39(46)36(32-43)52-42)33-49-37(44)30-28-26-24-22-12-10-8-6-4-2/h16-17,35-36,39-43,46-48H,3-15,18-34H2,1-2H3/b17-16-. The van der Waals surface area contributed by atoms with Crippen LogP contribution in [0.25, 0.3) is 0 Å². The topological polar surface area (TPSA) is 152 Å². The molecule has 0 aromatic heterocycles. The minimum absolute atomic E-state index is 0.215. The number of hydrogen-bond donors (Lipinski definition) is 4. The maximum atomic E-state index is 12.7. The van der Waals surface area contributed by atoms with Crippen LogP contribution in [-0.2, 0) is 28.5 Å². The van der Waals surface area contributed by atoms with Crippen LogP contribution in [-0.4, -0.2) is 89.0 Å². The Hall–Kier alpha value is -1.56. The molecule has 0 amide bonds. The Bertz CT molecular complexity index is 866. The molecule has 0 spiro atoms. The van der Waals surface area contributed by atoms with Gasteiger partial charge >= 0.3 is 11.9 Å². The second-order valence-electron chi connectivity index (χ2n) is 14.8. The molecule has 0 bridgehead atoms. The molecule has 0 radical (unpaired) electrons. The number of aliphatic hydroxyl groups is 4. The summed E-state index contributed by atoms with van der Waals surface area (Å²) >= 11 is 0. The average molecular weight is 743 g/mol. The van der Waals surface area contributed by atoms with Gasteiger partial charge < -0.3 is 39.4 Å². The van der Waals surface area contributed by atoms with E-state index in [1.54, 1.807) is 0 Å². The van der Waals surface area contributed by atoms with Gasteiger partial charge in [0.2, 0.25) is 0 Å². The predicted octanol–water partition coefficient (Wildman–Crippen LogP) is 8.39. The van der Waals surface area contributed by atoms with E-state index in [0.717, 1.165) is 44.9 Å². The zero-order valence-corrected chi connectivity index (χ0v) is 33.1. The molecule has 4 N–H and O–H groups in total. The minimum atomic E-state index is -1.59. The van der Waals surface area contributed by atoms with Gasteiger partial charge in [-0.3, -0.25) is 9.59 Å². The van der Waals surface area contributed by atoms with Gasteiger partial charge in [0.1, 0.15) is 31.0 Å². The van der Waals surface area contributed by atoms with E-state index in [-0.39, 0.29) is 32.0 Å². The first-order valence-corrected chi connectivity index (χ1v) is 21.3. The van der Waals surface area contributed by atoms with E-state index in [9.17, 15) is 30.0 Å². The third-order valence-corrected chi connectivity index (χ3v) is 9.90. The summed E-state index contributed by atoms with van der Waals surface area (Å²) in [5.41, 5.74) is 0. The van der Waals surface area contributed by atoms with Crippen molar-refractivity contribution in [2.75, 3.05) is 19.8 Å². The summed E-state index contributed by atoms with van der Waals surface area (Å²) in [4.78, 5) is 25.2. The molecule has 6 unspecified atom stereocenters.